The molecule has 0 aromatic heterocycles. The van der Waals surface area contributed by atoms with Gasteiger partial charge >= 0.3 is 0 Å². The third-order valence-corrected chi connectivity index (χ3v) is 13.8. The summed E-state index contributed by atoms with van der Waals surface area (Å²) in [5.41, 5.74) is 13.7. The Bertz CT molecular complexity index is 910. The summed E-state index contributed by atoms with van der Waals surface area (Å²) >= 11 is 0. The molecule has 0 amide bonds. The van der Waals surface area contributed by atoms with Gasteiger partial charge in [0.1, 0.15) is 0 Å². The first-order chi connectivity index (χ1) is 13.0. The summed E-state index contributed by atoms with van der Waals surface area (Å²) < 4.78 is 0. The molecule has 0 spiro atoms. The molecule has 3 aliphatic rings. The zero-order valence-corrected chi connectivity index (χ0v) is 18.1. The molecule has 27 heavy (non-hydrogen) atoms. The fraction of sp³-hybridized carbons (Fsp3) is 0.385. The number of benzene rings is 2. The molecule has 2 unspecified atom stereocenters. The van der Waals surface area contributed by atoms with E-state index in [-0.39, 0.29) is 0 Å². The summed E-state index contributed by atoms with van der Waals surface area (Å²) in [4.78, 5) is 0. The number of aryl methyl sites for hydroxylation is 4. The monoisotopic (exact) mass is 370 g/mol. The molecule has 0 saturated carbocycles. The molecule has 2 aliphatic carbocycles. The molecule has 138 valence electrons. The number of rotatable bonds is 2. The molecule has 1 heteroatoms. The van der Waals surface area contributed by atoms with E-state index in [9.17, 15) is 0 Å². The van der Waals surface area contributed by atoms with Crippen LogP contribution in [0.4, 0.5) is 0 Å². The van der Waals surface area contributed by atoms with Gasteiger partial charge < -0.3 is 0 Å². The standard InChI is InChI=1S/C26H30Si/c1-17-7-9-19(3)25-21(17)11-13-23(25)27(15-5-6-16-27)24-14-12-22-18(2)8-10-20(4)26(22)24/h7-14,23-24H,5-6,15-16H2,1-4H3. The average Bonchev–Trinajstić information content (AvgIpc) is 3.38. The van der Waals surface area contributed by atoms with E-state index in [1.165, 1.54) is 58.3 Å². The van der Waals surface area contributed by atoms with Crippen molar-refractivity contribution >= 4 is 20.2 Å². The second-order valence-corrected chi connectivity index (χ2v) is 13.9. The fourth-order valence-corrected chi connectivity index (χ4v) is 12.9. The zero-order chi connectivity index (χ0) is 18.8. The topological polar surface area (TPSA) is 0 Å². The van der Waals surface area contributed by atoms with Crippen molar-refractivity contribution in [1.82, 2.24) is 0 Å². The highest BCUT2D eigenvalue weighted by molar-refractivity contribution is 6.84. The second-order valence-electron chi connectivity index (χ2n) is 9.17. The van der Waals surface area contributed by atoms with Crippen molar-refractivity contribution in [2.45, 2.75) is 63.7 Å². The number of fused-ring (bicyclic) bond motifs is 2. The van der Waals surface area contributed by atoms with Crippen LogP contribution < -0.4 is 0 Å². The minimum absolute atomic E-state index is 0.690. The van der Waals surface area contributed by atoms with Crippen molar-refractivity contribution in [1.29, 1.82) is 0 Å². The molecular weight excluding hydrogens is 340 g/mol. The Morgan fingerprint density at radius 1 is 0.630 bits per heavy atom. The Morgan fingerprint density at radius 3 is 1.48 bits per heavy atom. The Balaban J connectivity index is 1.69. The average molecular weight is 371 g/mol. The third-order valence-electron chi connectivity index (χ3n) is 7.75. The molecule has 1 fully saturated rings. The van der Waals surface area contributed by atoms with Gasteiger partial charge in [-0.1, -0.05) is 73.5 Å². The van der Waals surface area contributed by atoms with Crippen molar-refractivity contribution in [2.75, 3.05) is 0 Å². The van der Waals surface area contributed by atoms with Crippen LogP contribution in [0.15, 0.2) is 36.4 Å². The number of hydrogen-bond donors (Lipinski definition) is 0. The summed E-state index contributed by atoms with van der Waals surface area (Å²) in [6.07, 6.45) is 13.0. The lowest BCUT2D eigenvalue weighted by Crippen LogP contribution is -2.44. The van der Waals surface area contributed by atoms with Gasteiger partial charge in [0.05, 0.1) is 8.07 Å². The van der Waals surface area contributed by atoms with Gasteiger partial charge in [0.15, 0.2) is 0 Å². The lowest BCUT2D eigenvalue weighted by atomic mass is 9.99. The van der Waals surface area contributed by atoms with E-state index in [0.717, 1.165) is 0 Å². The maximum absolute atomic E-state index is 2.61. The molecular formula is C26H30Si. The predicted octanol–water partition coefficient (Wildman–Crippen LogP) is 7.16. The normalized spacial score (nSPS) is 24.4. The predicted molar refractivity (Wildman–Crippen MR) is 120 cm³/mol. The van der Waals surface area contributed by atoms with Gasteiger partial charge in [-0.25, -0.2) is 0 Å². The summed E-state index contributed by atoms with van der Waals surface area (Å²) in [5.74, 6) is 0. The van der Waals surface area contributed by atoms with Crippen molar-refractivity contribution in [3.8, 4) is 0 Å². The number of hydrogen-bond acceptors (Lipinski definition) is 0. The first kappa shape index (κ1) is 17.2. The minimum atomic E-state index is -1.55. The third kappa shape index (κ3) is 2.34. The molecule has 2 atom stereocenters. The van der Waals surface area contributed by atoms with Gasteiger partial charge in [-0.3, -0.25) is 0 Å². The fourth-order valence-electron chi connectivity index (χ4n) is 6.36. The SMILES string of the molecule is Cc1ccc(C)c2c1C=CC2[Si]1(C2C=Cc3c(C)ccc(C)c32)CCCC1. The molecule has 0 bridgehead atoms. The van der Waals surface area contributed by atoms with Crippen LogP contribution in [-0.2, 0) is 0 Å². The molecule has 0 nitrogen and oxygen atoms in total. The zero-order valence-electron chi connectivity index (χ0n) is 17.1. The van der Waals surface area contributed by atoms with Gasteiger partial charge in [0, 0.05) is 0 Å². The highest BCUT2D eigenvalue weighted by atomic mass is 28.3. The Morgan fingerprint density at radius 2 is 1.04 bits per heavy atom. The van der Waals surface area contributed by atoms with Crippen LogP contribution in [0.1, 0.15) is 68.4 Å². The molecule has 1 heterocycles. The summed E-state index contributed by atoms with van der Waals surface area (Å²) in [5, 5.41) is 0. The molecule has 0 N–H and O–H groups in total. The summed E-state index contributed by atoms with van der Waals surface area (Å²) in [7, 11) is -1.55. The van der Waals surface area contributed by atoms with Crippen LogP contribution in [-0.4, -0.2) is 8.07 Å². The quantitative estimate of drug-likeness (QED) is 0.492. The Hall–Kier alpha value is -1.86. The first-order valence-corrected chi connectivity index (χ1v) is 13.2. The molecule has 1 aliphatic heterocycles. The first-order valence-electron chi connectivity index (χ1n) is 10.6. The van der Waals surface area contributed by atoms with E-state index in [4.69, 9.17) is 0 Å². The summed E-state index contributed by atoms with van der Waals surface area (Å²) in [6.45, 7) is 9.24. The van der Waals surface area contributed by atoms with Crippen molar-refractivity contribution in [2.24, 2.45) is 0 Å². The van der Waals surface area contributed by atoms with Gasteiger partial charge in [0.2, 0.25) is 0 Å². The maximum atomic E-state index is 2.61. The molecule has 2 aromatic rings. The molecule has 0 radical (unpaired) electrons. The van der Waals surface area contributed by atoms with E-state index in [1.54, 1.807) is 11.1 Å². The van der Waals surface area contributed by atoms with Crippen LogP contribution in [0.3, 0.4) is 0 Å². The van der Waals surface area contributed by atoms with Crippen LogP contribution in [0.5, 0.6) is 0 Å². The van der Waals surface area contributed by atoms with Crippen LogP contribution >= 0.6 is 0 Å². The van der Waals surface area contributed by atoms with E-state index in [1.807, 2.05) is 0 Å². The number of allylic oxidation sites excluding steroid dienone is 2. The second kappa shape index (κ2) is 6.07. The molecule has 1 saturated heterocycles. The maximum Gasteiger partial charge on any atom is 0.0775 e. The Kier molecular flexibility index (Phi) is 3.88. The van der Waals surface area contributed by atoms with Crippen molar-refractivity contribution < 1.29 is 0 Å². The summed E-state index contributed by atoms with van der Waals surface area (Å²) in [6, 6.07) is 12.3. The van der Waals surface area contributed by atoms with Crippen molar-refractivity contribution in [3.05, 3.63) is 80.9 Å². The lowest BCUT2D eigenvalue weighted by Gasteiger charge is -2.40. The molecule has 5 rings (SSSR count). The van der Waals surface area contributed by atoms with E-state index < -0.39 is 8.07 Å². The van der Waals surface area contributed by atoms with Crippen molar-refractivity contribution in [3.63, 3.8) is 0 Å². The minimum Gasteiger partial charge on any atom is -0.0790 e. The van der Waals surface area contributed by atoms with Gasteiger partial charge in [-0.05, 0) is 83.3 Å². The molecule has 2 aromatic carbocycles. The van der Waals surface area contributed by atoms with E-state index in [2.05, 4.69) is 76.3 Å². The van der Waals surface area contributed by atoms with Gasteiger partial charge in [-0.2, -0.15) is 0 Å². The van der Waals surface area contributed by atoms with Crippen LogP contribution in [0, 0.1) is 27.7 Å². The van der Waals surface area contributed by atoms with Gasteiger partial charge in [-0.15, -0.1) is 0 Å². The van der Waals surface area contributed by atoms with Crippen LogP contribution in [0.25, 0.3) is 12.2 Å². The Labute approximate surface area is 165 Å². The van der Waals surface area contributed by atoms with E-state index in [0.29, 0.717) is 11.1 Å². The van der Waals surface area contributed by atoms with Gasteiger partial charge in [0.25, 0.3) is 0 Å². The highest BCUT2D eigenvalue weighted by Crippen LogP contribution is 2.56. The highest BCUT2D eigenvalue weighted by Gasteiger charge is 2.51. The smallest absolute Gasteiger partial charge is 0.0775 e. The van der Waals surface area contributed by atoms with E-state index >= 15 is 0 Å². The largest absolute Gasteiger partial charge is 0.0790 e. The lowest BCUT2D eigenvalue weighted by molar-refractivity contribution is 0.935. The van der Waals surface area contributed by atoms with Crippen LogP contribution in [0.2, 0.25) is 12.1 Å².